The molecular formula is C19H25N3O2. The van der Waals surface area contributed by atoms with E-state index in [1.807, 2.05) is 6.20 Å². The van der Waals surface area contributed by atoms with Crippen LogP contribution in [0.3, 0.4) is 0 Å². The van der Waals surface area contributed by atoms with Gasteiger partial charge in [0.05, 0.1) is 23.4 Å². The number of piperidine rings is 3. The number of nitrogens with zero attached hydrogens (tertiary/aromatic N) is 3. The van der Waals surface area contributed by atoms with Crippen molar-refractivity contribution >= 4 is 10.9 Å². The number of ether oxygens (including phenoxy) is 1. The Morgan fingerprint density at radius 1 is 1.17 bits per heavy atom. The SMILES string of the molecule is OC1(c2ccc3cnn([C@@H]4CN5CCC4CC5)c3c2)CCOCC1. The smallest absolute Gasteiger partial charge is 0.0941 e. The Morgan fingerprint density at radius 3 is 2.67 bits per heavy atom. The number of hydrogen-bond donors (Lipinski definition) is 1. The molecular weight excluding hydrogens is 302 g/mol. The van der Waals surface area contributed by atoms with E-state index < -0.39 is 5.60 Å². The molecule has 1 N–H and O–H groups in total. The third-order valence-corrected chi connectivity index (χ3v) is 6.39. The highest BCUT2D eigenvalue weighted by Gasteiger charge is 2.37. The molecule has 2 aromatic rings. The van der Waals surface area contributed by atoms with Gasteiger partial charge >= 0.3 is 0 Å². The standard InChI is InChI=1S/C19H25N3O2/c23-19(5-9-24-10-6-19)16-2-1-15-12-20-22(17(15)11-16)18-13-21-7-3-14(18)4-8-21/h1-2,11-12,14,18,23H,3-10,13H2/t18-/m1/s1. The van der Waals surface area contributed by atoms with E-state index >= 15 is 0 Å². The summed E-state index contributed by atoms with van der Waals surface area (Å²) < 4.78 is 7.66. The quantitative estimate of drug-likeness (QED) is 0.919. The van der Waals surface area contributed by atoms with E-state index in [0.717, 1.165) is 18.0 Å². The minimum atomic E-state index is -0.753. The molecule has 0 amide bonds. The predicted octanol–water partition coefficient (Wildman–Crippen LogP) is 2.30. The fraction of sp³-hybridized carbons (Fsp3) is 0.632. The number of aromatic nitrogens is 2. The van der Waals surface area contributed by atoms with Crippen LogP contribution in [0.25, 0.3) is 10.9 Å². The summed E-state index contributed by atoms with van der Waals surface area (Å²) in [5.74, 6) is 0.743. The molecule has 5 heterocycles. The maximum atomic E-state index is 11.0. The van der Waals surface area contributed by atoms with E-state index in [1.54, 1.807) is 0 Å². The summed E-state index contributed by atoms with van der Waals surface area (Å²) >= 11 is 0. The number of aliphatic hydroxyl groups is 1. The van der Waals surface area contributed by atoms with Crippen molar-refractivity contribution < 1.29 is 9.84 Å². The molecule has 5 nitrogen and oxygen atoms in total. The Kier molecular flexibility index (Phi) is 3.44. The second kappa shape index (κ2) is 5.55. The molecule has 4 aliphatic heterocycles. The van der Waals surface area contributed by atoms with Crippen molar-refractivity contribution in [2.45, 2.75) is 37.3 Å². The monoisotopic (exact) mass is 327 g/mol. The summed E-state index contributed by atoms with van der Waals surface area (Å²) in [6.07, 6.45) is 5.89. The van der Waals surface area contributed by atoms with E-state index in [-0.39, 0.29) is 0 Å². The van der Waals surface area contributed by atoms with Crippen molar-refractivity contribution in [3.05, 3.63) is 30.0 Å². The lowest BCUT2D eigenvalue weighted by Crippen LogP contribution is -2.48. The fourth-order valence-electron chi connectivity index (χ4n) is 4.80. The highest BCUT2D eigenvalue weighted by atomic mass is 16.5. The summed E-state index contributed by atoms with van der Waals surface area (Å²) in [5, 5.41) is 16.9. The Labute approximate surface area is 142 Å². The third kappa shape index (κ3) is 2.30. The van der Waals surface area contributed by atoms with Gasteiger partial charge in [-0.25, -0.2) is 0 Å². The van der Waals surface area contributed by atoms with Gasteiger partial charge in [-0.15, -0.1) is 0 Å². The van der Waals surface area contributed by atoms with Crippen LogP contribution >= 0.6 is 0 Å². The summed E-state index contributed by atoms with van der Waals surface area (Å²) in [5.41, 5.74) is 1.43. The number of hydrogen-bond acceptors (Lipinski definition) is 4. The molecule has 1 aromatic carbocycles. The lowest BCUT2D eigenvalue weighted by atomic mass is 9.83. The number of rotatable bonds is 2. The molecule has 4 fully saturated rings. The van der Waals surface area contributed by atoms with Crippen LogP contribution in [0.5, 0.6) is 0 Å². The molecule has 4 aliphatic rings. The van der Waals surface area contributed by atoms with Crippen LogP contribution in [0, 0.1) is 5.92 Å². The van der Waals surface area contributed by atoms with E-state index in [2.05, 4.69) is 27.8 Å². The van der Waals surface area contributed by atoms with Crippen molar-refractivity contribution in [3.8, 4) is 0 Å². The fourth-order valence-corrected chi connectivity index (χ4v) is 4.80. The number of benzene rings is 1. The molecule has 2 bridgehead atoms. The van der Waals surface area contributed by atoms with Gasteiger partial charge in [-0.3, -0.25) is 4.68 Å². The molecule has 1 atom stereocenters. The van der Waals surface area contributed by atoms with E-state index in [0.29, 0.717) is 32.1 Å². The van der Waals surface area contributed by atoms with Crippen molar-refractivity contribution in [1.29, 1.82) is 0 Å². The number of fused-ring (bicyclic) bond motifs is 4. The van der Waals surface area contributed by atoms with Crippen molar-refractivity contribution in [2.75, 3.05) is 32.8 Å². The van der Waals surface area contributed by atoms with Gasteiger partial charge in [0, 0.05) is 38.0 Å². The zero-order chi connectivity index (χ0) is 16.1. The molecule has 128 valence electrons. The van der Waals surface area contributed by atoms with Crippen LogP contribution in [0.15, 0.2) is 24.4 Å². The first-order valence-electron chi connectivity index (χ1n) is 9.23. The molecule has 4 saturated heterocycles. The Hall–Kier alpha value is -1.43. The average Bonchev–Trinajstić information content (AvgIpc) is 3.06. The summed E-state index contributed by atoms with van der Waals surface area (Å²) in [7, 11) is 0. The van der Waals surface area contributed by atoms with Gasteiger partial charge in [-0.1, -0.05) is 12.1 Å². The van der Waals surface area contributed by atoms with Gasteiger partial charge in [-0.05, 0) is 43.5 Å². The Bertz CT molecular complexity index is 742. The topological polar surface area (TPSA) is 50.5 Å². The second-order valence-corrected chi connectivity index (χ2v) is 7.71. The van der Waals surface area contributed by atoms with Crippen molar-refractivity contribution in [2.24, 2.45) is 5.92 Å². The highest BCUT2D eigenvalue weighted by Crippen LogP contribution is 2.38. The first-order valence-corrected chi connectivity index (χ1v) is 9.23. The maximum absolute atomic E-state index is 11.0. The van der Waals surface area contributed by atoms with E-state index in [4.69, 9.17) is 9.84 Å². The molecule has 0 saturated carbocycles. The molecule has 0 unspecified atom stereocenters. The largest absolute Gasteiger partial charge is 0.385 e. The van der Waals surface area contributed by atoms with Gasteiger partial charge in [-0.2, -0.15) is 5.10 Å². The van der Waals surface area contributed by atoms with Crippen LogP contribution in [0.2, 0.25) is 0 Å². The zero-order valence-corrected chi connectivity index (χ0v) is 14.0. The van der Waals surface area contributed by atoms with Gasteiger partial charge < -0.3 is 14.7 Å². The highest BCUT2D eigenvalue weighted by molar-refractivity contribution is 5.79. The first kappa shape index (κ1) is 14.9. The van der Waals surface area contributed by atoms with Gasteiger partial charge in [0.15, 0.2) is 0 Å². The Balaban J connectivity index is 1.54. The van der Waals surface area contributed by atoms with Gasteiger partial charge in [0.25, 0.3) is 0 Å². The summed E-state index contributed by atoms with van der Waals surface area (Å²) in [4.78, 5) is 2.56. The van der Waals surface area contributed by atoms with Crippen LogP contribution < -0.4 is 0 Å². The van der Waals surface area contributed by atoms with Crippen LogP contribution in [0.4, 0.5) is 0 Å². The minimum absolute atomic E-state index is 0.476. The summed E-state index contributed by atoms with van der Waals surface area (Å²) in [6.45, 7) is 4.86. The molecule has 6 rings (SSSR count). The lowest BCUT2D eigenvalue weighted by Gasteiger charge is -2.44. The summed E-state index contributed by atoms with van der Waals surface area (Å²) in [6, 6.07) is 6.83. The maximum Gasteiger partial charge on any atom is 0.0941 e. The van der Waals surface area contributed by atoms with Crippen LogP contribution in [-0.4, -0.2) is 52.6 Å². The van der Waals surface area contributed by atoms with E-state index in [1.165, 1.54) is 36.8 Å². The van der Waals surface area contributed by atoms with Crippen molar-refractivity contribution in [1.82, 2.24) is 14.7 Å². The molecule has 0 spiro atoms. The second-order valence-electron chi connectivity index (χ2n) is 7.71. The van der Waals surface area contributed by atoms with Gasteiger partial charge in [0.1, 0.15) is 0 Å². The Morgan fingerprint density at radius 2 is 1.96 bits per heavy atom. The molecule has 0 aliphatic carbocycles. The van der Waals surface area contributed by atoms with Crippen molar-refractivity contribution in [3.63, 3.8) is 0 Å². The molecule has 24 heavy (non-hydrogen) atoms. The van der Waals surface area contributed by atoms with E-state index in [9.17, 15) is 5.11 Å². The van der Waals surface area contributed by atoms with Crippen LogP contribution in [-0.2, 0) is 10.3 Å². The minimum Gasteiger partial charge on any atom is -0.385 e. The average molecular weight is 327 g/mol. The lowest BCUT2D eigenvalue weighted by molar-refractivity contribution is -0.0678. The first-order chi connectivity index (χ1) is 11.7. The third-order valence-electron chi connectivity index (χ3n) is 6.39. The van der Waals surface area contributed by atoms with Crippen LogP contribution in [0.1, 0.15) is 37.3 Å². The predicted molar refractivity (Wildman–Crippen MR) is 91.9 cm³/mol. The van der Waals surface area contributed by atoms with Gasteiger partial charge in [0.2, 0.25) is 0 Å². The molecule has 5 heteroatoms. The zero-order valence-electron chi connectivity index (χ0n) is 14.0. The normalized spacial score (nSPS) is 32.3. The molecule has 0 radical (unpaired) electrons. The molecule has 1 aromatic heterocycles.